The van der Waals surface area contributed by atoms with Gasteiger partial charge in [0, 0.05) is 5.69 Å². The molecule has 0 saturated heterocycles. The summed E-state index contributed by atoms with van der Waals surface area (Å²) in [4.78, 5) is 25.8. The molecule has 0 aliphatic carbocycles. The summed E-state index contributed by atoms with van der Waals surface area (Å²) in [6.45, 7) is 12.1. The van der Waals surface area contributed by atoms with Crippen LogP contribution in [-0.2, 0) is 14.2 Å². The first kappa shape index (κ1) is 21.0. The summed E-state index contributed by atoms with van der Waals surface area (Å²) in [5.41, 5.74) is 0.474. The first-order valence-electron chi connectivity index (χ1n) is 8.53. The number of amides is 1. The van der Waals surface area contributed by atoms with E-state index in [2.05, 4.69) is 0 Å². The normalized spacial score (nSPS) is 11.3. The highest BCUT2D eigenvalue weighted by molar-refractivity contribution is 5.92. The molecule has 0 N–H and O–H groups in total. The molecule has 1 amide bonds. The summed E-state index contributed by atoms with van der Waals surface area (Å²) in [7, 11) is 0. The van der Waals surface area contributed by atoms with E-state index >= 15 is 0 Å². The van der Waals surface area contributed by atoms with Crippen molar-refractivity contribution in [2.24, 2.45) is 0 Å². The number of carbonyl (C=O) groups is 2. The van der Waals surface area contributed by atoms with Gasteiger partial charge in [0.2, 0.25) is 0 Å². The van der Waals surface area contributed by atoms with Crippen LogP contribution < -0.4 is 4.90 Å². The summed E-state index contributed by atoms with van der Waals surface area (Å²) in [6.07, 6.45) is -0.379. The van der Waals surface area contributed by atoms with E-state index < -0.39 is 11.7 Å². The Labute approximate surface area is 150 Å². The van der Waals surface area contributed by atoms with Gasteiger partial charge in [-0.3, -0.25) is 4.90 Å². The lowest BCUT2D eigenvalue weighted by atomic mass is 10.2. The van der Waals surface area contributed by atoms with E-state index in [9.17, 15) is 9.59 Å². The van der Waals surface area contributed by atoms with E-state index in [0.29, 0.717) is 31.0 Å². The monoisotopic (exact) mass is 351 g/mol. The fraction of sp³-hybridized carbons (Fsp3) is 0.579. The maximum atomic E-state index is 12.5. The quantitative estimate of drug-likeness (QED) is 0.694. The third-order valence-electron chi connectivity index (χ3n) is 3.07. The summed E-state index contributed by atoms with van der Waals surface area (Å²) in [5.74, 6) is -0.388. The topological polar surface area (TPSA) is 65.1 Å². The molecule has 0 saturated carbocycles. The van der Waals surface area contributed by atoms with Gasteiger partial charge in [-0.1, -0.05) is 0 Å². The number of hydrogen-bond donors (Lipinski definition) is 0. The smallest absolute Gasteiger partial charge is 0.414 e. The number of nitrogens with zero attached hydrogens (tertiary/aromatic N) is 1. The third-order valence-corrected chi connectivity index (χ3v) is 3.07. The van der Waals surface area contributed by atoms with Gasteiger partial charge in [0.1, 0.15) is 5.60 Å². The lowest BCUT2D eigenvalue weighted by Crippen LogP contribution is -2.39. The molecule has 0 aromatic heterocycles. The van der Waals surface area contributed by atoms with Crippen molar-refractivity contribution in [3.63, 3.8) is 0 Å². The Morgan fingerprint density at radius 1 is 1.12 bits per heavy atom. The molecular weight excluding hydrogens is 322 g/mol. The zero-order valence-electron chi connectivity index (χ0n) is 16.0. The fourth-order valence-electron chi connectivity index (χ4n) is 2.01. The van der Waals surface area contributed by atoms with Crippen LogP contribution in [0.4, 0.5) is 10.5 Å². The number of rotatable bonds is 7. The van der Waals surface area contributed by atoms with Crippen LogP contribution in [-0.4, -0.2) is 43.5 Å². The van der Waals surface area contributed by atoms with Gasteiger partial charge in [0.05, 0.1) is 31.4 Å². The van der Waals surface area contributed by atoms with Crippen LogP contribution in [0.15, 0.2) is 24.3 Å². The number of hydrogen-bond acceptors (Lipinski definition) is 5. The van der Waals surface area contributed by atoms with Crippen molar-refractivity contribution in [1.29, 1.82) is 0 Å². The maximum absolute atomic E-state index is 12.5. The average molecular weight is 351 g/mol. The third kappa shape index (κ3) is 7.56. The van der Waals surface area contributed by atoms with Crippen LogP contribution in [0.2, 0.25) is 0 Å². The molecule has 0 radical (unpaired) electrons. The highest BCUT2D eigenvalue weighted by atomic mass is 16.6. The molecule has 140 valence electrons. The molecule has 6 nitrogen and oxygen atoms in total. The zero-order valence-corrected chi connectivity index (χ0v) is 16.0. The van der Waals surface area contributed by atoms with Gasteiger partial charge in [-0.25, -0.2) is 9.59 Å². The van der Waals surface area contributed by atoms with Crippen molar-refractivity contribution in [2.45, 2.75) is 53.2 Å². The lowest BCUT2D eigenvalue weighted by Gasteiger charge is -2.27. The van der Waals surface area contributed by atoms with E-state index in [1.54, 1.807) is 31.2 Å². The predicted octanol–water partition coefficient (Wildman–Crippen LogP) is 4.03. The second-order valence-corrected chi connectivity index (χ2v) is 6.82. The highest BCUT2D eigenvalue weighted by Gasteiger charge is 2.23. The highest BCUT2D eigenvalue weighted by Crippen LogP contribution is 2.19. The largest absolute Gasteiger partial charge is 0.462 e. The minimum Gasteiger partial charge on any atom is -0.462 e. The summed E-state index contributed by atoms with van der Waals surface area (Å²) in [5, 5.41) is 0. The SMILES string of the molecule is CCOC(=O)c1ccc(N(CCOC(C)C)C(=O)OC(C)(C)C)cc1. The first-order chi connectivity index (χ1) is 11.6. The number of esters is 1. The lowest BCUT2D eigenvalue weighted by molar-refractivity contribution is 0.0521. The number of ether oxygens (including phenoxy) is 3. The molecule has 6 heteroatoms. The van der Waals surface area contributed by atoms with Gasteiger partial charge >= 0.3 is 12.1 Å². The molecule has 0 fully saturated rings. The fourth-order valence-corrected chi connectivity index (χ4v) is 2.01. The van der Waals surface area contributed by atoms with Crippen LogP contribution in [0.5, 0.6) is 0 Å². The van der Waals surface area contributed by atoms with Crippen LogP contribution in [0.25, 0.3) is 0 Å². The Morgan fingerprint density at radius 3 is 2.20 bits per heavy atom. The van der Waals surface area contributed by atoms with Gasteiger partial charge in [0.25, 0.3) is 0 Å². The van der Waals surface area contributed by atoms with Gasteiger partial charge in [-0.2, -0.15) is 0 Å². The minimum atomic E-state index is -0.598. The van der Waals surface area contributed by atoms with E-state index in [1.807, 2.05) is 34.6 Å². The Morgan fingerprint density at radius 2 is 1.72 bits per heavy atom. The van der Waals surface area contributed by atoms with Crippen molar-refractivity contribution in [3.8, 4) is 0 Å². The van der Waals surface area contributed by atoms with Crippen LogP contribution in [0.1, 0.15) is 51.9 Å². The molecule has 0 heterocycles. The van der Waals surface area contributed by atoms with Crippen LogP contribution in [0.3, 0.4) is 0 Å². The maximum Gasteiger partial charge on any atom is 0.414 e. The first-order valence-corrected chi connectivity index (χ1v) is 8.53. The van der Waals surface area contributed by atoms with Gasteiger partial charge in [-0.05, 0) is 65.8 Å². The molecule has 0 spiro atoms. The van der Waals surface area contributed by atoms with E-state index in [1.165, 1.54) is 4.90 Å². The molecule has 0 aliphatic rings. The molecule has 0 atom stereocenters. The molecule has 0 aliphatic heterocycles. The zero-order chi connectivity index (χ0) is 19.0. The van der Waals surface area contributed by atoms with Crippen molar-refractivity contribution >= 4 is 17.7 Å². The summed E-state index contributed by atoms with van der Waals surface area (Å²) >= 11 is 0. The Hall–Kier alpha value is -2.08. The standard InChI is InChI=1S/C19H29NO5/c1-7-23-17(21)15-8-10-16(11-9-15)20(12-13-24-14(2)3)18(22)25-19(4,5)6/h8-11,14H,7,12-13H2,1-6H3. The van der Waals surface area contributed by atoms with Crippen LogP contribution >= 0.6 is 0 Å². The Kier molecular flexibility index (Phi) is 7.90. The second kappa shape index (κ2) is 9.42. The van der Waals surface area contributed by atoms with Gasteiger partial charge in [-0.15, -0.1) is 0 Å². The molecule has 1 aromatic rings. The molecular formula is C19H29NO5. The summed E-state index contributed by atoms with van der Waals surface area (Å²) in [6, 6.07) is 6.67. The Balaban J connectivity index is 2.93. The molecule has 25 heavy (non-hydrogen) atoms. The van der Waals surface area contributed by atoms with Crippen molar-refractivity contribution in [3.05, 3.63) is 29.8 Å². The molecule has 0 unspecified atom stereocenters. The average Bonchev–Trinajstić information content (AvgIpc) is 2.50. The van der Waals surface area contributed by atoms with Gasteiger partial charge < -0.3 is 14.2 Å². The second-order valence-electron chi connectivity index (χ2n) is 6.82. The molecule has 1 aromatic carbocycles. The predicted molar refractivity (Wildman–Crippen MR) is 97.1 cm³/mol. The van der Waals surface area contributed by atoms with E-state index in [0.717, 1.165) is 0 Å². The van der Waals surface area contributed by atoms with E-state index in [4.69, 9.17) is 14.2 Å². The number of benzene rings is 1. The van der Waals surface area contributed by atoms with Crippen molar-refractivity contribution in [1.82, 2.24) is 0 Å². The van der Waals surface area contributed by atoms with Gasteiger partial charge in [0.15, 0.2) is 0 Å². The number of anilines is 1. The number of carbonyl (C=O) groups excluding carboxylic acids is 2. The van der Waals surface area contributed by atoms with E-state index in [-0.39, 0.29) is 12.1 Å². The van der Waals surface area contributed by atoms with Crippen molar-refractivity contribution < 1.29 is 23.8 Å². The summed E-state index contributed by atoms with van der Waals surface area (Å²) < 4.78 is 16.0. The molecule has 1 rings (SSSR count). The van der Waals surface area contributed by atoms with Crippen molar-refractivity contribution in [2.75, 3.05) is 24.7 Å². The minimum absolute atomic E-state index is 0.0756. The molecule has 0 bridgehead atoms. The van der Waals surface area contributed by atoms with Crippen LogP contribution in [0, 0.1) is 0 Å². The Bertz CT molecular complexity index is 560.